The molecular formula is C40H35N3. The van der Waals surface area contributed by atoms with Crippen LogP contribution < -0.4 is 0 Å². The van der Waals surface area contributed by atoms with Gasteiger partial charge in [-0.05, 0) is 50.4 Å². The van der Waals surface area contributed by atoms with E-state index in [4.69, 9.17) is 15.0 Å². The van der Waals surface area contributed by atoms with E-state index in [0.29, 0.717) is 17.5 Å². The van der Waals surface area contributed by atoms with Crippen LogP contribution in [0.15, 0.2) is 121 Å². The van der Waals surface area contributed by atoms with Crippen LogP contribution in [0.4, 0.5) is 0 Å². The third-order valence-corrected chi connectivity index (χ3v) is 8.74. The van der Waals surface area contributed by atoms with Gasteiger partial charge >= 0.3 is 0 Å². The zero-order valence-electron chi connectivity index (χ0n) is 25.4. The lowest BCUT2D eigenvalue weighted by Gasteiger charge is -2.21. The first-order valence-corrected chi connectivity index (χ1v) is 15.0. The summed E-state index contributed by atoms with van der Waals surface area (Å²) in [5.41, 5.74) is 11.8. The first-order valence-electron chi connectivity index (χ1n) is 15.0. The van der Waals surface area contributed by atoms with Crippen molar-refractivity contribution in [2.24, 2.45) is 0 Å². The zero-order chi connectivity index (χ0) is 29.8. The van der Waals surface area contributed by atoms with Gasteiger partial charge in [-0.15, -0.1) is 0 Å². The minimum Gasteiger partial charge on any atom is -0.208 e. The van der Waals surface area contributed by atoms with E-state index in [2.05, 4.69) is 150 Å². The molecule has 1 aliphatic carbocycles. The van der Waals surface area contributed by atoms with Crippen LogP contribution in [0.5, 0.6) is 0 Å². The SMILES string of the molecule is CC(C)(C)c1ccc(-c2nc(-c3ccc(-c4ccccc4)cc3)nc(-c3ccc4c(c3)C(C)(C)c3ccccc3-4)n2)cc1. The Kier molecular flexibility index (Phi) is 6.36. The summed E-state index contributed by atoms with van der Waals surface area (Å²) in [6, 6.07) is 42.9. The summed E-state index contributed by atoms with van der Waals surface area (Å²) in [4.78, 5) is 15.1. The molecule has 7 rings (SSSR count). The largest absolute Gasteiger partial charge is 0.208 e. The van der Waals surface area contributed by atoms with Gasteiger partial charge in [0.15, 0.2) is 17.5 Å². The maximum Gasteiger partial charge on any atom is 0.164 e. The molecule has 0 aliphatic heterocycles. The maximum absolute atomic E-state index is 5.06. The van der Waals surface area contributed by atoms with Crippen LogP contribution in [-0.2, 0) is 10.8 Å². The number of hydrogen-bond donors (Lipinski definition) is 0. The minimum atomic E-state index is -0.101. The molecule has 3 nitrogen and oxygen atoms in total. The molecule has 43 heavy (non-hydrogen) atoms. The highest BCUT2D eigenvalue weighted by Crippen LogP contribution is 2.49. The monoisotopic (exact) mass is 557 g/mol. The van der Waals surface area contributed by atoms with Gasteiger partial charge in [-0.25, -0.2) is 15.0 Å². The van der Waals surface area contributed by atoms with Crippen molar-refractivity contribution in [3.8, 4) is 56.4 Å². The first-order chi connectivity index (χ1) is 20.7. The molecular weight excluding hydrogens is 522 g/mol. The number of rotatable bonds is 4. The molecule has 1 heterocycles. The Bertz CT molecular complexity index is 1950. The number of nitrogens with zero attached hydrogens (tertiary/aromatic N) is 3. The van der Waals surface area contributed by atoms with Crippen molar-refractivity contribution >= 4 is 0 Å². The Morgan fingerprint density at radius 2 is 0.907 bits per heavy atom. The fourth-order valence-electron chi connectivity index (χ4n) is 6.17. The summed E-state index contributed by atoms with van der Waals surface area (Å²) in [6.45, 7) is 11.3. The van der Waals surface area contributed by atoms with Gasteiger partial charge in [-0.3, -0.25) is 0 Å². The van der Waals surface area contributed by atoms with E-state index in [1.807, 2.05) is 6.07 Å². The normalized spacial score (nSPS) is 13.4. The van der Waals surface area contributed by atoms with Crippen molar-refractivity contribution in [3.63, 3.8) is 0 Å². The predicted molar refractivity (Wildman–Crippen MR) is 178 cm³/mol. The van der Waals surface area contributed by atoms with Gasteiger partial charge in [-0.2, -0.15) is 0 Å². The average Bonchev–Trinajstić information content (AvgIpc) is 3.27. The smallest absolute Gasteiger partial charge is 0.164 e. The van der Waals surface area contributed by atoms with Crippen LogP contribution in [0, 0.1) is 0 Å². The second-order valence-corrected chi connectivity index (χ2v) is 13.0. The van der Waals surface area contributed by atoms with Crippen LogP contribution in [-0.4, -0.2) is 15.0 Å². The fraction of sp³-hybridized carbons (Fsp3) is 0.175. The minimum absolute atomic E-state index is 0.0727. The molecule has 1 aromatic heterocycles. The van der Waals surface area contributed by atoms with Crippen molar-refractivity contribution in [1.82, 2.24) is 15.0 Å². The van der Waals surface area contributed by atoms with Crippen molar-refractivity contribution in [2.75, 3.05) is 0 Å². The molecule has 0 unspecified atom stereocenters. The van der Waals surface area contributed by atoms with Crippen LogP contribution >= 0.6 is 0 Å². The van der Waals surface area contributed by atoms with Gasteiger partial charge in [0.05, 0.1) is 0 Å². The number of hydrogen-bond acceptors (Lipinski definition) is 3. The zero-order valence-corrected chi connectivity index (χ0v) is 25.4. The summed E-state index contributed by atoms with van der Waals surface area (Å²) >= 11 is 0. The molecule has 0 radical (unpaired) electrons. The summed E-state index contributed by atoms with van der Waals surface area (Å²) < 4.78 is 0. The Balaban J connectivity index is 1.35. The van der Waals surface area contributed by atoms with Crippen molar-refractivity contribution in [3.05, 3.63) is 138 Å². The van der Waals surface area contributed by atoms with Crippen molar-refractivity contribution in [2.45, 2.75) is 45.4 Å². The second kappa shape index (κ2) is 10.1. The highest BCUT2D eigenvalue weighted by molar-refractivity contribution is 5.83. The summed E-state index contributed by atoms with van der Waals surface area (Å²) in [5.74, 6) is 2.03. The van der Waals surface area contributed by atoms with Crippen LogP contribution in [0.2, 0.25) is 0 Å². The third-order valence-electron chi connectivity index (χ3n) is 8.74. The van der Waals surface area contributed by atoms with Gasteiger partial charge in [-0.1, -0.05) is 150 Å². The topological polar surface area (TPSA) is 38.7 Å². The van der Waals surface area contributed by atoms with E-state index in [0.717, 1.165) is 22.3 Å². The van der Waals surface area contributed by atoms with E-state index in [-0.39, 0.29) is 10.8 Å². The molecule has 0 fully saturated rings. The van der Waals surface area contributed by atoms with E-state index in [1.54, 1.807) is 0 Å². The molecule has 0 spiro atoms. The molecule has 5 aromatic carbocycles. The Labute approximate surface area is 254 Å². The molecule has 0 saturated heterocycles. The first kappa shape index (κ1) is 27.0. The van der Waals surface area contributed by atoms with Gasteiger partial charge in [0.2, 0.25) is 0 Å². The Hall–Kier alpha value is -4.89. The fourth-order valence-corrected chi connectivity index (χ4v) is 6.17. The second-order valence-electron chi connectivity index (χ2n) is 13.0. The van der Waals surface area contributed by atoms with Crippen molar-refractivity contribution < 1.29 is 0 Å². The van der Waals surface area contributed by atoms with E-state index in [9.17, 15) is 0 Å². The molecule has 3 heteroatoms. The molecule has 0 amide bonds. The number of fused-ring (bicyclic) bond motifs is 3. The molecule has 0 saturated carbocycles. The van der Waals surface area contributed by atoms with Gasteiger partial charge < -0.3 is 0 Å². The van der Waals surface area contributed by atoms with E-state index in [1.165, 1.54) is 33.4 Å². The number of aromatic nitrogens is 3. The van der Waals surface area contributed by atoms with Crippen molar-refractivity contribution in [1.29, 1.82) is 0 Å². The van der Waals surface area contributed by atoms with Gasteiger partial charge in [0.1, 0.15) is 0 Å². The lowest BCUT2D eigenvalue weighted by Crippen LogP contribution is -2.15. The molecule has 210 valence electrons. The summed E-state index contributed by atoms with van der Waals surface area (Å²) in [6.07, 6.45) is 0. The van der Waals surface area contributed by atoms with Gasteiger partial charge in [0, 0.05) is 22.1 Å². The molecule has 0 bridgehead atoms. The highest BCUT2D eigenvalue weighted by atomic mass is 15.0. The summed E-state index contributed by atoms with van der Waals surface area (Å²) in [5, 5.41) is 0. The lowest BCUT2D eigenvalue weighted by atomic mass is 9.82. The summed E-state index contributed by atoms with van der Waals surface area (Å²) in [7, 11) is 0. The quantitative estimate of drug-likeness (QED) is 0.216. The van der Waals surface area contributed by atoms with Crippen LogP contribution in [0.1, 0.15) is 51.3 Å². The number of benzene rings is 5. The Morgan fingerprint density at radius 3 is 1.53 bits per heavy atom. The third kappa shape index (κ3) is 4.85. The van der Waals surface area contributed by atoms with Gasteiger partial charge in [0.25, 0.3) is 0 Å². The molecule has 1 aliphatic rings. The average molecular weight is 558 g/mol. The lowest BCUT2D eigenvalue weighted by molar-refractivity contribution is 0.590. The van der Waals surface area contributed by atoms with E-state index >= 15 is 0 Å². The van der Waals surface area contributed by atoms with Crippen LogP contribution in [0.25, 0.3) is 56.4 Å². The molecule has 0 atom stereocenters. The maximum atomic E-state index is 5.06. The Morgan fingerprint density at radius 1 is 0.442 bits per heavy atom. The molecule has 0 N–H and O–H groups in total. The standard InChI is InChI=1S/C40H35N3/c1-39(2,3)31-22-19-29(20-23-31)37-41-36(28-17-15-27(16-18-28)26-11-7-6-8-12-26)42-38(43-37)30-21-24-33-32-13-9-10-14-34(32)40(4,5)35(33)25-30/h6-25H,1-5H3. The molecule has 6 aromatic rings. The van der Waals surface area contributed by atoms with E-state index < -0.39 is 0 Å². The van der Waals surface area contributed by atoms with Crippen LogP contribution in [0.3, 0.4) is 0 Å². The predicted octanol–water partition coefficient (Wildman–Crippen LogP) is 10.1. The highest BCUT2D eigenvalue weighted by Gasteiger charge is 2.35.